The quantitative estimate of drug-likeness (QED) is 0.756. The fraction of sp³-hybridized carbons (Fsp3) is 0.222. The van der Waals surface area contributed by atoms with Crippen molar-refractivity contribution in [2.45, 2.75) is 0 Å². The first-order valence-electron chi connectivity index (χ1n) is 7.77. The van der Waals surface area contributed by atoms with Crippen molar-refractivity contribution in [3.8, 4) is 17.1 Å². The molecule has 1 aromatic carbocycles. The number of carbonyl (C=O) groups excluding carboxylic acids is 1. The predicted molar refractivity (Wildman–Crippen MR) is 92.2 cm³/mol. The Morgan fingerprint density at radius 2 is 2.00 bits per heavy atom. The molecule has 0 aliphatic heterocycles. The predicted octanol–water partition coefficient (Wildman–Crippen LogP) is 2.42. The van der Waals surface area contributed by atoms with Crippen LogP contribution in [0.15, 0.2) is 59.2 Å². The van der Waals surface area contributed by atoms with E-state index in [1.807, 2.05) is 55.4 Å². The number of aromatic nitrogens is 2. The number of nitrogens with one attached hydrogen (secondary N) is 1. The summed E-state index contributed by atoms with van der Waals surface area (Å²) in [5, 5.41) is 7.47. The van der Waals surface area contributed by atoms with Crippen LogP contribution in [-0.4, -0.2) is 47.8 Å². The third-order valence-electron chi connectivity index (χ3n) is 3.56. The normalized spacial score (nSPS) is 11.0. The smallest absolute Gasteiger partial charge is 0.270 e. The van der Waals surface area contributed by atoms with Gasteiger partial charge in [-0.25, -0.2) is 4.68 Å². The Kier molecular flexibility index (Phi) is 4.77. The number of amides is 1. The summed E-state index contributed by atoms with van der Waals surface area (Å²) in [6.07, 6.45) is 1.59. The zero-order chi connectivity index (χ0) is 16.9. The molecule has 0 bridgehead atoms. The van der Waals surface area contributed by atoms with E-state index in [9.17, 15) is 4.79 Å². The molecule has 124 valence electrons. The Hall–Kier alpha value is -2.86. The minimum absolute atomic E-state index is 0.161. The molecule has 0 spiro atoms. The standard InChI is InChI=1S/C18H20N4O2/c1-21(2)11-10-19-18(23)16-13-15(17-9-6-12-24-17)20-22(16)14-7-4-3-5-8-14/h3-9,12-13H,10-11H2,1-2H3,(H,19,23). The molecule has 0 saturated carbocycles. The van der Waals surface area contributed by atoms with Gasteiger partial charge in [0.2, 0.25) is 0 Å². The van der Waals surface area contributed by atoms with E-state index in [-0.39, 0.29) is 5.91 Å². The fourth-order valence-corrected chi connectivity index (χ4v) is 2.34. The number of benzene rings is 1. The minimum atomic E-state index is -0.161. The van der Waals surface area contributed by atoms with Gasteiger partial charge >= 0.3 is 0 Å². The monoisotopic (exact) mass is 324 g/mol. The van der Waals surface area contributed by atoms with Crippen LogP contribution in [0.4, 0.5) is 0 Å². The van der Waals surface area contributed by atoms with E-state index in [4.69, 9.17) is 4.42 Å². The van der Waals surface area contributed by atoms with Gasteiger partial charge in [0.25, 0.3) is 5.91 Å². The van der Waals surface area contributed by atoms with Crippen LogP contribution in [0.3, 0.4) is 0 Å². The van der Waals surface area contributed by atoms with Gasteiger partial charge in [-0.15, -0.1) is 0 Å². The highest BCUT2D eigenvalue weighted by Crippen LogP contribution is 2.22. The highest BCUT2D eigenvalue weighted by Gasteiger charge is 2.18. The van der Waals surface area contributed by atoms with Crippen LogP contribution in [0.5, 0.6) is 0 Å². The van der Waals surface area contributed by atoms with Crippen LogP contribution in [0, 0.1) is 0 Å². The van der Waals surface area contributed by atoms with E-state index in [2.05, 4.69) is 10.4 Å². The van der Waals surface area contributed by atoms with E-state index < -0.39 is 0 Å². The maximum absolute atomic E-state index is 12.6. The lowest BCUT2D eigenvalue weighted by Crippen LogP contribution is -2.32. The molecule has 2 heterocycles. The number of carbonyl (C=O) groups is 1. The molecular formula is C18H20N4O2. The summed E-state index contributed by atoms with van der Waals surface area (Å²) in [5.41, 5.74) is 1.93. The van der Waals surface area contributed by atoms with Crippen molar-refractivity contribution in [1.82, 2.24) is 20.0 Å². The number of rotatable bonds is 6. The minimum Gasteiger partial charge on any atom is -0.463 e. The summed E-state index contributed by atoms with van der Waals surface area (Å²) in [4.78, 5) is 14.6. The number of likely N-dealkylation sites (N-methyl/N-ethyl adjacent to an activating group) is 1. The lowest BCUT2D eigenvalue weighted by atomic mass is 10.2. The number of hydrogen-bond donors (Lipinski definition) is 1. The molecule has 1 N–H and O–H groups in total. The number of hydrogen-bond acceptors (Lipinski definition) is 4. The SMILES string of the molecule is CN(C)CCNC(=O)c1cc(-c2ccco2)nn1-c1ccccc1. The van der Waals surface area contributed by atoms with Gasteiger partial charge in [0.15, 0.2) is 5.76 Å². The molecule has 3 aromatic rings. The average molecular weight is 324 g/mol. The van der Waals surface area contributed by atoms with Gasteiger partial charge in [0.1, 0.15) is 11.4 Å². The third kappa shape index (κ3) is 3.55. The molecule has 1 amide bonds. The van der Waals surface area contributed by atoms with Crippen molar-refractivity contribution in [3.05, 3.63) is 60.5 Å². The van der Waals surface area contributed by atoms with Crippen molar-refractivity contribution in [3.63, 3.8) is 0 Å². The topological polar surface area (TPSA) is 63.3 Å². The van der Waals surface area contributed by atoms with E-state index in [1.165, 1.54) is 0 Å². The van der Waals surface area contributed by atoms with Gasteiger partial charge in [0, 0.05) is 19.2 Å². The molecular weight excluding hydrogens is 304 g/mol. The Morgan fingerprint density at radius 1 is 1.21 bits per heavy atom. The van der Waals surface area contributed by atoms with Gasteiger partial charge in [-0.3, -0.25) is 4.79 Å². The second kappa shape index (κ2) is 7.14. The molecule has 3 rings (SSSR count). The van der Waals surface area contributed by atoms with Crippen LogP contribution < -0.4 is 5.32 Å². The van der Waals surface area contributed by atoms with E-state index in [0.29, 0.717) is 23.7 Å². The van der Waals surface area contributed by atoms with Crippen molar-refractivity contribution >= 4 is 5.91 Å². The van der Waals surface area contributed by atoms with Crippen LogP contribution in [0.1, 0.15) is 10.5 Å². The molecule has 0 atom stereocenters. The van der Waals surface area contributed by atoms with Gasteiger partial charge < -0.3 is 14.6 Å². The van der Waals surface area contributed by atoms with Gasteiger partial charge in [-0.2, -0.15) is 5.10 Å². The van der Waals surface area contributed by atoms with Crippen LogP contribution in [0.2, 0.25) is 0 Å². The lowest BCUT2D eigenvalue weighted by Gasteiger charge is -2.11. The van der Waals surface area contributed by atoms with E-state index in [1.54, 1.807) is 23.1 Å². The molecule has 0 fully saturated rings. The van der Waals surface area contributed by atoms with Gasteiger partial charge in [-0.1, -0.05) is 18.2 Å². The Labute approximate surface area is 140 Å². The molecule has 0 aliphatic rings. The summed E-state index contributed by atoms with van der Waals surface area (Å²) in [7, 11) is 3.94. The summed E-state index contributed by atoms with van der Waals surface area (Å²) in [5.74, 6) is 0.470. The van der Waals surface area contributed by atoms with Crippen LogP contribution in [-0.2, 0) is 0 Å². The molecule has 0 radical (unpaired) electrons. The number of para-hydroxylation sites is 1. The van der Waals surface area contributed by atoms with Crippen molar-refractivity contribution < 1.29 is 9.21 Å². The first kappa shape index (κ1) is 16.0. The van der Waals surface area contributed by atoms with Gasteiger partial charge in [0.05, 0.1) is 12.0 Å². The third-order valence-corrected chi connectivity index (χ3v) is 3.56. The maximum Gasteiger partial charge on any atom is 0.270 e. The van der Waals surface area contributed by atoms with E-state index in [0.717, 1.165) is 12.2 Å². The maximum atomic E-state index is 12.6. The second-order valence-corrected chi connectivity index (χ2v) is 5.70. The zero-order valence-corrected chi connectivity index (χ0v) is 13.8. The largest absolute Gasteiger partial charge is 0.463 e. The number of furan rings is 1. The highest BCUT2D eigenvalue weighted by atomic mass is 16.3. The molecule has 0 saturated heterocycles. The molecule has 24 heavy (non-hydrogen) atoms. The molecule has 0 unspecified atom stereocenters. The molecule has 6 nitrogen and oxygen atoms in total. The Bertz CT molecular complexity index is 792. The van der Waals surface area contributed by atoms with Crippen molar-refractivity contribution in [2.24, 2.45) is 0 Å². The summed E-state index contributed by atoms with van der Waals surface area (Å²) >= 11 is 0. The molecule has 0 aliphatic carbocycles. The van der Waals surface area contributed by atoms with Crippen molar-refractivity contribution in [2.75, 3.05) is 27.2 Å². The summed E-state index contributed by atoms with van der Waals surface area (Å²) in [6.45, 7) is 1.35. The second-order valence-electron chi connectivity index (χ2n) is 5.70. The molecule has 2 aromatic heterocycles. The highest BCUT2D eigenvalue weighted by molar-refractivity contribution is 5.94. The average Bonchev–Trinajstić information content (AvgIpc) is 3.24. The zero-order valence-electron chi connectivity index (χ0n) is 13.8. The summed E-state index contributed by atoms with van der Waals surface area (Å²) in [6, 6.07) is 15.0. The Balaban J connectivity index is 1.92. The van der Waals surface area contributed by atoms with Crippen LogP contribution >= 0.6 is 0 Å². The van der Waals surface area contributed by atoms with E-state index >= 15 is 0 Å². The number of nitrogens with zero attached hydrogens (tertiary/aromatic N) is 3. The Morgan fingerprint density at radius 3 is 2.67 bits per heavy atom. The first-order chi connectivity index (χ1) is 11.6. The first-order valence-corrected chi connectivity index (χ1v) is 7.77. The summed E-state index contributed by atoms with van der Waals surface area (Å²) < 4.78 is 7.04. The van der Waals surface area contributed by atoms with Gasteiger partial charge in [-0.05, 0) is 38.4 Å². The molecule has 6 heteroatoms. The van der Waals surface area contributed by atoms with Crippen LogP contribution in [0.25, 0.3) is 17.1 Å². The fourth-order valence-electron chi connectivity index (χ4n) is 2.34. The van der Waals surface area contributed by atoms with Crippen molar-refractivity contribution in [1.29, 1.82) is 0 Å². The lowest BCUT2D eigenvalue weighted by molar-refractivity contribution is 0.0943.